The highest BCUT2D eigenvalue weighted by Gasteiger charge is 2.26. The van der Waals surface area contributed by atoms with E-state index < -0.39 is 0 Å². The van der Waals surface area contributed by atoms with Gasteiger partial charge in [-0.15, -0.1) is 0 Å². The molecular formula is C12H24N2O. The van der Waals surface area contributed by atoms with Crippen molar-refractivity contribution in [2.75, 3.05) is 19.6 Å². The lowest BCUT2D eigenvalue weighted by Gasteiger charge is -2.37. The summed E-state index contributed by atoms with van der Waals surface area (Å²) in [5.41, 5.74) is 0. The van der Waals surface area contributed by atoms with Gasteiger partial charge in [-0.25, -0.2) is 0 Å². The van der Waals surface area contributed by atoms with E-state index >= 15 is 0 Å². The predicted octanol–water partition coefficient (Wildman–Crippen LogP) is 1.63. The Morgan fingerprint density at radius 1 is 1.40 bits per heavy atom. The van der Waals surface area contributed by atoms with Crippen molar-refractivity contribution in [1.82, 2.24) is 10.2 Å². The smallest absolute Gasteiger partial charge is 0.224 e. The number of amides is 1. The lowest BCUT2D eigenvalue weighted by molar-refractivity contribution is -0.135. The van der Waals surface area contributed by atoms with Gasteiger partial charge in [-0.05, 0) is 32.2 Å². The summed E-state index contributed by atoms with van der Waals surface area (Å²) < 4.78 is 0. The molecule has 2 unspecified atom stereocenters. The van der Waals surface area contributed by atoms with Gasteiger partial charge in [0.25, 0.3) is 0 Å². The van der Waals surface area contributed by atoms with Gasteiger partial charge in [0.15, 0.2) is 0 Å². The summed E-state index contributed by atoms with van der Waals surface area (Å²) in [6, 6.07) is 0.440. The van der Waals surface area contributed by atoms with E-state index in [-0.39, 0.29) is 0 Å². The first-order valence-electron chi connectivity index (χ1n) is 6.15. The van der Waals surface area contributed by atoms with E-state index in [1.165, 1.54) is 6.42 Å². The van der Waals surface area contributed by atoms with Crippen LogP contribution in [0.4, 0.5) is 0 Å². The normalized spacial score (nSPS) is 26.7. The molecule has 3 heteroatoms. The highest BCUT2D eigenvalue weighted by atomic mass is 16.2. The molecule has 88 valence electrons. The zero-order valence-corrected chi connectivity index (χ0v) is 10.3. The number of rotatable bonds is 4. The molecule has 1 N–H and O–H groups in total. The topological polar surface area (TPSA) is 32.3 Å². The molecule has 0 bridgehead atoms. The average molecular weight is 212 g/mol. The summed E-state index contributed by atoms with van der Waals surface area (Å²) in [5, 5.41) is 3.20. The molecule has 1 amide bonds. The van der Waals surface area contributed by atoms with Crippen molar-refractivity contribution < 1.29 is 4.79 Å². The molecule has 0 aliphatic carbocycles. The van der Waals surface area contributed by atoms with Crippen LogP contribution >= 0.6 is 0 Å². The summed E-state index contributed by atoms with van der Waals surface area (Å²) in [5.74, 6) is 0.985. The number of nitrogens with zero attached hydrogens (tertiary/aromatic N) is 1. The maximum atomic E-state index is 11.9. The van der Waals surface area contributed by atoms with Crippen molar-refractivity contribution in [3.05, 3.63) is 0 Å². The van der Waals surface area contributed by atoms with E-state index in [9.17, 15) is 4.79 Å². The van der Waals surface area contributed by atoms with Gasteiger partial charge in [0.05, 0.1) is 0 Å². The van der Waals surface area contributed by atoms with Gasteiger partial charge in [-0.1, -0.05) is 13.8 Å². The van der Waals surface area contributed by atoms with Gasteiger partial charge < -0.3 is 10.2 Å². The Kier molecular flexibility index (Phi) is 5.09. The number of piperidine rings is 1. The van der Waals surface area contributed by atoms with Gasteiger partial charge >= 0.3 is 0 Å². The van der Waals surface area contributed by atoms with E-state index in [1.807, 2.05) is 0 Å². The van der Waals surface area contributed by atoms with Crippen LogP contribution in [0.25, 0.3) is 0 Å². The Morgan fingerprint density at radius 2 is 2.13 bits per heavy atom. The zero-order valence-electron chi connectivity index (χ0n) is 10.3. The van der Waals surface area contributed by atoms with Crippen molar-refractivity contribution in [3.8, 4) is 0 Å². The number of carbonyl (C=O) groups excluding carboxylic acids is 1. The van der Waals surface area contributed by atoms with E-state index in [4.69, 9.17) is 0 Å². The van der Waals surface area contributed by atoms with Gasteiger partial charge in [0, 0.05) is 25.6 Å². The largest absolute Gasteiger partial charge is 0.340 e. The molecule has 1 rings (SSSR count). The second-order valence-corrected chi connectivity index (χ2v) is 4.68. The van der Waals surface area contributed by atoms with E-state index in [0.29, 0.717) is 24.3 Å². The molecule has 1 fully saturated rings. The quantitative estimate of drug-likeness (QED) is 0.718. The molecular weight excluding hydrogens is 188 g/mol. The molecule has 1 aliphatic heterocycles. The minimum absolute atomic E-state index is 0.315. The highest BCUT2D eigenvalue weighted by molar-refractivity contribution is 5.76. The van der Waals surface area contributed by atoms with Crippen LogP contribution in [-0.4, -0.2) is 36.5 Å². The van der Waals surface area contributed by atoms with E-state index in [2.05, 4.69) is 31.0 Å². The Labute approximate surface area is 93.2 Å². The standard InChI is InChI=1S/C12H24N2O/c1-4-13-8-7-12(15)14-9-10(2)5-6-11(14)3/h10-11,13H,4-9H2,1-3H3. The van der Waals surface area contributed by atoms with Gasteiger partial charge in [-0.3, -0.25) is 4.79 Å². The lowest BCUT2D eigenvalue weighted by atomic mass is 9.95. The molecule has 15 heavy (non-hydrogen) atoms. The van der Waals surface area contributed by atoms with Crippen LogP contribution in [0.5, 0.6) is 0 Å². The third kappa shape index (κ3) is 3.82. The fourth-order valence-corrected chi connectivity index (χ4v) is 2.15. The summed E-state index contributed by atoms with van der Waals surface area (Å²) in [6.45, 7) is 9.17. The van der Waals surface area contributed by atoms with Crippen molar-refractivity contribution in [3.63, 3.8) is 0 Å². The van der Waals surface area contributed by atoms with Crippen molar-refractivity contribution >= 4 is 5.91 Å². The van der Waals surface area contributed by atoms with Gasteiger partial charge in [0.2, 0.25) is 5.91 Å². The second-order valence-electron chi connectivity index (χ2n) is 4.68. The Balaban J connectivity index is 2.35. The fraction of sp³-hybridized carbons (Fsp3) is 0.917. The zero-order chi connectivity index (χ0) is 11.3. The highest BCUT2D eigenvalue weighted by Crippen LogP contribution is 2.21. The first-order chi connectivity index (χ1) is 7.15. The van der Waals surface area contributed by atoms with Crippen molar-refractivity contribution in [2.24, 2.45) is 5.92 Å². The number of hydrogen-bond donors (Lipinski definition) is 1. The second kappa shape index (κ2) is 6.11. The minimum atomic E-state index is 0.315. The van der Waals surface area contributed by atoms with Crippen LogP contribution in [0.1, 0.15) is 40.0 Å². The number of hydrogen-bond acceptors (Lipinski definition) is 2. The Hall–Kier alpha value is -0.570. The Morgan fingerprint density at radius 3 is 2.80 bits per heavy atom. The molecule has 0 saturated carbocycles. The van der Waals surface area contributed by atoms with Crippen LogP contribution in [0, 0.1) is 5.92 Å². The van der Waals surface area contributed by atoms with Crippen LogP contribution in [-0.2, 0) is 4.79 Å². The number of nitrogens with one attached hydrogen (secondary N) is 1. The van der Waals surface area contributed by atoms with E-state index in [1.54, 1.807) is 0 Å². The molecule has 1 aliphatic rings. The van der Waals surface area contributed by atoms with Crippen LogP contribution in [0.3, 0.4) is 0 Å². The Bertz CT molecular complexity index is 206. The predicted molar refractivity (Wildman–Crippen MR) is 62.7 cm³/mol. The first-order valence-corrected chi connectivity index (χ1v) is 6.15. The van der Waals surface area contributed by atoms with Crippen LogP contribution < -0.4 is 5.32 Å². The maximum Gasteiger partial charge on any atom is 0.224 e. The third-order valence-corrected chi connectivity index (χ3v) is 3.20. The maximum absolute atomic E-state index is 11.9. The fourth-order valence-electron chi connectivity index (χ4n) is 2.15. The summed E-state index contributed by atoms with van der Waals surface area (Å²) in [7, 11) is 0. The molecule has 0 spiro atoms. The minimum Gasteiger partial charge on any atom is -0.340 e. The molecule has 1 saturated heterocycles. The van der Waals surface area contributed by atoms with Crippen molar-refractivity contribution in [2.45, 2.75) is 46.1 Å². The number of carbonyl (C=O) groups is 1. The molecule has 3 nitrogen and oxygen atoms in total. The molecule has 0 aromatic heterocycles. The summed E-state index contributed by atoms with van der Waals surface area (Å²) in [4.78, 5) is 14.0. The molecule has 0 aromatic rings. The number of likely N-dealkylation sites (tertiary alicyclic amines) is 1. The summed E-state index contributed by atoms with van der Waals surface area (Å²) in [6.07, 6.45) is 3.07. The van der Waals surface area contributed by atoms with Gasteiger partial charge in [0.1, 0.15) is 0 Å². The van der Waals surface area contributed by atoms with E-state index in [0.717, 1.165) is 26.1 Å². The van der Waals surface area contributed by atoms with Crippen molar-refractivity contribution in [1.29, 1.82) is 0 Å². The molecule has 2 atom stereocenters. The lowest BCUT2D eigenvalue weighted by Crippen LogP contribution is -2.45. The van der Waals surface area contributed by atoms with Crippen LogP contribution in [0.2, 0.25) is 0 Å². The summed E-state index contributed by atoms with van der Waals surface area (Å²) >= 11 is 0. The monoisotopic (exact) mass is 212 g/mol. The molecule has 1 heterocycles. The molecule has 0 aromatic carbocycles. The van der Waals surface area contributed by atoms with Gasteiger partial charge in [-0.2, -0.15) is 0 Å². The van der Waals surface area contributed by atoms with Crippen LogP contribution in [0.15, 0.2) is 0 Å². The third-order valence-electron chi connectivity index (χ3n) is 3.20. The first kappa shape index (κ1) is 12.5. The average Bonchev–Trinajstić information content (AvgIpc) is 2.22. The SMILES string of the molecule is CCNCCC(=O)N1CC(C)CCC1C. The molecule has 0 radical (unpaired) electrons.